The molecular formula is C28H25NO7. The smallest absolute Gasteiger partial charge is 0.295 e. The number of carbonyl (C=O) groups excluding carboxylic acids is 2. The van der Waals surface area contributed by atoms with E-state index in [0.29, 0.717) is 34.8 Å². The molecule has 8 heteroatoms. The van der Waals surface area contributed by atoms with E-state index in [1.54, 1.807) is 37.4 Å². The van der Waals surface area contributed by atoms with Gasteiger partial charge in [0.25, 0.3) is 11.7 Å². The summed E-state index contributed by atoms with van der Waals surface area (Å²) in [6.07, 6.45) is 0.507. The second-order valence-electron chi connectivity index (χ2n) is 8.40. The van der Waals surface area contributed by atoms with Crippen LogP contribution in [0.2, 0.25) is 0 Å². The summed E-state index contributed by atoms with van der Waals surface area (Å²) in [7, 11) is 3.13. The van der Waals surface area contributed by atoms with Gasteiger partial charge in [0.1, 0.15) is 17.3 Å². The van der Waals surface area contributed by atoms with E-state index in [2.05, 4.69) is 0 Å². The number of aliphatic hydroxyl groups is 1. The minimum Gasteiger partial charge on any atom is -0.507 e. The van der Waals surface area contributed by atoms with Crippen molar-refractivity contribution in [1.82, 2.24) is 4.90 Å². The summed E-state index contributed by atoms with van der Waals surface area (Å²) in [6.45, 7) is 0.341. The van der Waals surface area contributed by atoms with Crippen LogP contribution in [0, 0.1) is 0 Å². The Kier molecular flexibility index (Phi) is 6.25. The van der Waals surface area contributed by atoms with Gasteiger partial charge in [-0.05, 0) is 48.4 Å². The largest absolute Gasteiger partial charge is 0.507 e. The average molecular weight is 488 g/mol. The van der Waals surface area contributed by atoms with Gasteiger partial charge in [0.2, 0.25) is 6.79 Å². The zero-order valence-corrected chi connectivity index (χ0v) is 19.9. The van der Waals surface area contributed by atoms with Crippen molar-refractivity contribution in [3.8, 4) is 23.0 Å². The number of para-hydroxylation sites is 1. The molecule has 1 saturated heterocycles. The maximum absolute atomic E-state index is 13.3. The molecule has 1 atom stereocenters. The first-order valence-electron chi connectivity index (χ1n) is 11.5. The van der Waals surface area contributed by atoms with Gasteiger partial charge >= 0.3 is 0 Å². The number of Topliss-reactive ketones (excluding diaryl/α,β-unsaturated/α-hetero) is 1. The van der Waals surface area contributed by atoms with Crippen molar-refractivity contribution < 1.29 is 33.6 Å². The number of aliphatic hydroxyl groups excluding tert-OH is 1. The molecule has 0 aliphatic carbocycles. The molecule has 0 bridgehead atoms. The van der Waals surface area contributed by atoms with E-state index >= 15 is 0 Å². The second kappa shape index (κ2) is 9.65. The van der Waals surface area contributed by atoms with Crippen LogP contribution in [-0.4, -0.2) is 49.3 Å². The lowest BCUT2D eigenvalue weighted by Gasteiger charge is -2.26. The first-order chi connectivity index (χ1) is 17.5. The minimum absolute atomic E-state index is 0.00176. The van der Waals surface area contributed by atoms with Crippen LogP contribution in [0.1, 0.15) is 22.7 Å². The molecule has 1 amide bonds. The monoisotopic (exact) mass is 487 g/mol. The molecule has 3 aromatic rings. The van der Waals surface area contributed by atoms with Gasteiger partial charge in [0.15, 0.2) is 11.5 Å². The highest BCUT2D eigenvalue weighted by Crippen LogP contribution is 2.43. The van der Waals surface area contributed by atoms with E-state index in [4.69, 9.17) is 18.9 Å². The standard InChI is InChI=1S/C28H25NO7/c1-33-19-10-7-17(8-11-19)13-14-29-25(20-5-3-4-6-21(20)34-2)24(27(31)28(29)32)26(30)18-9-12-22-23(15-18)36-16-35-22/h3-12,15,25,30H,13-14,16H2,1-2H3/b26-24+. The van der Waals surface area contributed by atoms with E-state index in [0.717, 1.165) is 11.3 Å². The first kappa shape index (κ1) is 23.3. The van der Waals surface area contributed by atoms with E-state index in [9.17, 15) is 14.7 Å². The Morgan fingerprint density at radius 3 is 2.47 bits per heavy atom. The Labute approximate surface area is 208 Å². The van der Waals surface area contributed by atoms with Gasteiger partial charge in [0, 0.05) is 17.7 Å². The average Bonchev–Trinajstić information content (AvgIpc) is 3.49. The molecule has 2 aliphatic rings. The fraction of sp³-hybridized carbons (Fsp3) is 0.214. The van der Waals surface area contributed by atoms with E-state index in [1.165, 1.54) is 12.0 Å². The molecule has 0 saturated carbocycles. The number of methoxy groups -OCH3 is 2. The number of ketones is 1. The van der Waals surface area contributed by atoms with Gasteiger partial charge in [-0.1, -0.05) is 30.3 Å². The molecular weight excluding hydrogens is 462 g/mol. The van der Waals surface area contributed by atoms with Gasteiger partial charge in [-0.3, -0.25) is 9.59 Å². The fourth-order valence-electron chi connectivity index (χ4n) is 4.57. The highest BCUT2D eigenvalue weighted by molar-refractivity contribution is 6.46. The molecule has 3 aromatic carbocycles. The minimum atomic E-state index is -0.829. The Bertz CT molecular complexity index is 1350. The van der Waals surface area contributed by atoms with Crippen molar-refractivity contribution in [1.29, 1.82) is 0 Å². The predicted octanol–water partition coefficient (Wildman–Crippen LogP) is 4.10. The number of nitrogens with zero attached hydrogens (tertiary/aromatic N) is 1. The van der Waals surface area contributed by atoms with Crippen LogP contribution in [0.15, 0.2) is 72.3 Å². The molecule has 0 radical (unpaired) electrons. The van der Waals surface area contributed by atoms with Crippen molar-refractivity contribution in [3.63, 3.8) is 0 Å². The number of amides is 1. The summed E-state index contributed by atoms with van der Waals surface area (Å²) in [5.41, 5.74) is 1.94. The topological polar surface area (TPSA) is 94.5 Å². The number of rotatable bonds is 7. The molecule has 184 valence electrons. The lowest BCUT2D eigenvalue weighted by Crippen LogP contribution is -2.31. The fourth-order valence-corrected chi connectivity index (χ4v) is 4.57. The van der Waals surface area contributed by atoms with Crippen molar-refractivity contribution in [2.45, 2.75) is 12.5 Å². The van der Waals surface area contributed by atoms with Crippen LogP contribution in [0.5, 0.6) is 23.0 Å². The van der Waals surface area contributed by atoms with Gasteiger partial charge < -0.3 is 29.0 Å². The van der Waals surface area contributed by atoms with Crippen molar-refractivity contribution in [3.05, 3.63) is 89.0 Å². The Morgan fingerprint density at radius 2 is 1.72 bits per heavy atom. The summed E-state index contributed by atoms with van der Waals surface area (Å²) in [5, 5.41) is 11.3. The van der Waals surface area contributed by atoms with Crippen LogP contribution in [0.4, 0.5) is 0 Å². The molecule has 1 N–H and O–H groups in total. The third-order valence-electron chi connectivity index (χ3n) is 6.42. The van der Waals surface area contributed by atoms with Crippen molar-refractivity contribution in [2.75, 3.05) is 27.6 Å². The highest BCUT2D eigenvalue weighted by Gasteiger charge is 2.46. The summed E-state index contributed by atoms with van der Waals surface area (Å²) in [6, 6.07) is 18.8. The molecule has 1 fully saturated rings. The zero-order chi connectivity index (χ0) is 25.2. The third-order valence-corrected chi connectivity index (χ3v) is 6.42. The van der Waals surface area contributed by atoms with Gasteiger partial charge in [-0.2, -0.15) is 0 Å². The lowest BCUT2D eigenvalue weighted by atomic mass is 9.94. The number of benzene rings is 3. The van der Waals surface area contributed by atoms with E-state index < -0.39 is 17.7 Å². The number of likely N-dealkylation sites (tertiary alicyclic amines) is 1. The maximum atomic E-state index is 13.3. The van der Waals surface area contributed by atoms with Gasteiger partial charge in [0.05, 0.1) is 25.8 Å². The molecule has 5 rings (SSSR count). The summed E-state index contributed by atoms with van der Waals surface area (Å²) < 4.78 is 21.5. The Balaban J connectivity index is 1.57. The Hall–Kier alpha value is -4.46. The predicted molar refractivity (Wildman–Crippen MR) is 131 cm³/mol. The van der Waals surface area contributed by atoms with Gasteiger partial charge in [-0.25, -0.2) is 0 Å². The zero-order valence-electron chi connectivity index (χ0n) is 19.9. The lowest BCUT2D eigenvalue weighted by molar-refractivity contribution is -0.139. The quantitative estimate of drug-likeness (QED) is 0.305. The van der Waals surface area contributed by atoms with Crippen LogP contribution >= 0.6 is 0 Å². The summed E-state index contributed by atoms with van der Waals surface area (Å²) >= 11 is 0. The van der Waals surface area contributed by atoms with E-state index in [1.807, 2.05) is 36.4 Å². The van der Waals surface area contributed by atoms with Gasteiger partial charge in [-0.15, -0.1) is 0 Å². The van der Waals surface area contributed by atoms with Crippen LogP contribution < -0.4 is 18.9 Å². The number of carbonyl (C=O) groups is 2. The molecule has 2 aliphatic heterocycles. The number of hydrogen-bond acceptors (Lipinski definition) is 7. The molecule has 36 heavy (non-hydrogen) atoms. The molecule has 1 unspecified atom stereocenters. The second-order valence-corrected chi connectivity index (χ2v) is 8.40. The normalized spacial score (nSPS) is 17.9. The van der Waals surface area contributed by atoms with E-state index in [-0.39, 0.29) is 24.7 Å². The summed E-state index contributed by atoms with van der Waals surface area (Å²) in [5.74, 6) is 0.536. The van der Waals surface area contributed by atoms with Crippen LogP contribution in [-0.2, 0) is 16.0 Å². The molecule has 0 aromatic heterocycles. The summed E-state index contributed by atoms with van der Waals surface area (Å²) in [4.78, 5) is 28.1. The number of hydrogen-bond donors (Lipinski definition) is 1. The third kappa shape index (κ3) is 4.11. The molecule has 0 spiro atoms. The van der Waals surface area contributed by atoms with Crippen LogP contribution in [0.3, 0.4) is 0 Å². The van der Waals surface area contributed by atoms with Crippen LogP contribution in [0.25, 0.3) is 5.76 Å². The SMILES string of the molecule is COc1ccc(CCN2C(=O)C(=O)/C(=C(/O)c3ccc4c(c3)OCO4)C2c2ccccc2OC)cc1. The first-order valence-corrected chi connectivity index (χ1v) is 11.5. The number of ether oxygens (including phenoxy) is 4. The van der Waals surface area contributed by atoms with Crippen molar-refractivity contribution >= 4 is 17.4 Å². The van der Waals surface area contributed by atoms with Crippen molar-refractivity contribution in [2.24, 2.45) is 0 Å². The Morgan fingerprint density at radius 1 is 0.972 bits per heavy atom. The number of fused-ring (bicyclic) bond motifs is 1. The maximum Gasteiger partial charge on any atom is 0.295 e. The molecule has 8 nitrogen and oxygen atoms in total. The highest BCUT2D eigenvalue weighted by atomic mass is 16.7. The molecule has 2 heterocycles.